The maximum atomic E-state index is 12.7. The predicted octanol–water partition coefficient (Wildman–Crippen LogP) is 2.89. The van der Waals surface area contributed by atoms with Crippen molar-refractivity contribution in [1.29, 1.82) is 0 Å². The number of carbonyl (C=O) groups is 1. The molecule has 0 unspecified atom stereocenters. The summed E-state index contributed by atoms with van der Waals surface area (Å²) in [6, 6.07) is 17.6. The molecule has 0 radical (unpaired) electrons. The summed E-state index contributed by atoms with van der Waals surface area (Å²) in [7, 11) is 3.51. The van der Waals surface area contributed by atoms with Gasteiger partial charge in [0.25, 0.3) is 0 Å². The van der Waals surface area contributed by atoms with E-state index in [1.165, 1.54) is 11.8 Å². The summed E-state index contributed by atoms with van der Waals surface area (Å²) in [5.41, 5.74) is 2.89. The average molecular weight is 353 g/mol. The highest BCUT2D eigenvalue weighted by molar-refractivity contribution is 8.00. The Balaban J connectivity index is 1.98. The molecular formula is C18H19N5OS. The van der Waals surface area contributed by atoms with Gasteiger partial charge in [0.2, 0.25) is 11.1 Å². The number of thioether (sulfide) groups is 1. The van der Waals surface area contributed by atoms with Crippen LogP contribution in [0.25, 0.3) is 5.69 Å². The van der Waals surface area contributed by atoms with Crippen LogP contribution in [0.2, 0.25) is 0 Å². The first-order valence-electron chi connectivity index (χ1n) is 7.85. The average Bonchev–Trinajstić information content (AvgIpc) is 3.08. The summed E-state index contributed by atoms with van der Waals surface area (Å²) in [5.74, 6) is -0.00414. The van der Waals surface area contributed by atoms with Crippen LogP contribution >= 0.6 is 11.8 Å². The van der Waals surface area contributed by atoms with Crippen LogP contribution in [0, 0.1) is 6.92 Å². The van der Waals surface area contributed by atoms with Crippen LogP contribution < -0.4 is 0 Å². The summed E-state index contributed by atoms with van der Waals surface area (Å²) in [5, 5.41) is 12.2. The van der Waals surface area contributed by atoms with Gasteiger partial charge in [0.1, 0.15) is 5.25 Å². The van der Waals surface area contributed by atoms with Crippen molar-refractivity contribution in [2.75, 3.05) is 14.1 Å². The molecule has 0 fully saturated rings. The van der Waals surface area contributed by atoms with Gasteiger partial charge in [-0.2, -0.15) is 4.68 Å². The van der Waals surface area contributed by atoms with Gasteiger partial charge in [-0.05, 0) is 34.5 Å². The molecule has 6 nitrogen and oxygen atoms in total. The van der Waals surface area contributed by atoms with Crippen LogP contribution in [-0.2, 0) is 4.79 Å². The van der Waals surface area contributed by atoms with Crippen molar-refractivity contribution in [3.63, 3.8) is 0 Å². The highest BCUT2D eigenvalue weighted by Crippen LogP contribution is 2.36. The summed E-state index contributed by atoms with van der Waals surface area (Å²) < 4.78 is 1.68. The monoisotopic (exact) mass is 353 g/mol. The minimum Gasteiger partial charge on any atom is -0.348 e. The van der Waals surface area contributed by atoms with Gasteiger partial charge in [-0.25, -0.2) is 0 Å². The van der Waals surface area contributed by atoms with E-state index in [0.717, 1.165) is 16.8 Å². The van der Waals surface area contributed by atoms with Crippen molar-refractivity contribution in [3.8, 4) is 5.69 Å². The first-order chi connectivity index (χ1) is 12.1. The van der Waals surface area contributed by atoms with Crippen LogP contribution in [0.4, 0.5) is 0 Å². The number of para-hydroxylation sites is 1. The van der Waals surface area contributed by atoms with Crippen LogP contribution in [0.1, 0.15) is 16.4 Å². The highest BCUT2D eigenvalue weighted by atomic mass is 32.2. The Morgan fingerprint density at radius 1 is 1.08 bits per heavy atom. The maximum Gasteiger partial charge on any atom is 0.240 e. The van der Waals surface area contributed by atoms with E-state index >= 15 is 0 Å². The Bertz CT molecular complexity index is 863. The number of aromatic nitrogens is 4. The third-order valence-corrected chi connectivity index (χ3v) is 4.95. The van der Waals surface area contributed by atoms with E-state index in [0.29, 0.717) is 5.16 Å². The molecule has 1 aromatic heterocycles. The second kappa shape index (κ2) is 7.48. The van der Waals surface area contributed by atoms with E-state index in [1.807, 2.05) is 61.5 Å². The summed E-state index contributed by atoms with van der Waals surface area (Å²) in [4.78, 5) is 14.3. The molecule has 0 saturated carbocycles. The minimum absolute atomic E-state index is 0.00414. The first-order valence-corrected chi connectivity index (χ1v) is 8.73. The van der Waals surface area contributed by atoms with Gasteiger partial charge >= 0.3 is 0 Å². The summed E-state index contributed by atoms with van der Waals surface area (Å²) in [6.45, 7) is 2.01. The SMILES string of the molecule is Cc1ccccc1-n1nnnc1S[C@H](C(=O)N(C)C)c1ccccc1. The Kier molecular flexibility index (Phi) is 5.14. The lowest BCUT2D eigenvalue weighted by molar-refractivity contribution is -0.128. The van der Waals surface area contributed by atoms with Crippen molar-refractivity contribution >= 4 is 17.7 Å². The van der Waals surface area contributed by atoms with Gasteiger partial charge in [-0.15, -0.1) is 5.10 Å². The van der Waals surface area contributed by atoms with E-state index < -0.39 is 5.25 Å². The molecule has 3 rings (SSSR count). The fraction of sp³-hybridized carbons (Fsp3) is 0.222. The number of amides is 1. The number of tetrazole rings is 1. The largest absolute Gasteiger partial charge is 0.348 e. The van der Waals surface area contributed by atoms with Crippen LogP contribution in [0.15, 0.2) is 59.8 Å². The Hall–Kier alpha value is -2.67. The van der Waals surface area contributed by atoms with Crippen LogP contribution in [-0.4, -0.2) is 45.1 Å². The zero-order valence-corrected chi connectivity index (χ0v) is 15.1. The standard InChI is InChI=1S/C18H19N5OS/c1-13-9-7-8-12-15(13)23-18(19-20-21-23)25-16(17(24)22(2)3)14-10-5-4-6-11-14/h4-12,16H,1-3H3/t16-/m0/s1. The molecule has 128 valence electrons. The molecule has 1 heterocycles. The molecular weight excluding hydrogens is 334 g/mol. The molecule has 7 heteroatoms. The van der Waals surface area contributed by atoms with Crippen molar-refractivity contribution in [1.82, 2.24) is 25.1 Å². The Morgan fingerprint density at radius 3 is 2.44 bits per heavy atom. The van der Waals surface area contributed by atoms with E-state index in [2.05, 4.69) is 15.5 Å². The molecule has 0 aliphatic heterocycles. The lowest BCUT2D eigenvalue weighted by Gasteiger charge is -2.20. The zero-order chi connectivity index (χ0) is 17.8. The normalized spacial score (nSPS) is 12.0. The van der Waals surface area contributed by atoms with Crippen molar-refractivity contribution in [2.24, 2.45) is 0 Å². The molecule has 1 amide bonds. The second-order valence-electron chi connectivity index (χ2n) is 5.80. The number of aryl methyl sites for hydroxylation is 1. The molecule has 25 heavy (non-hydrogen) atoms. The van der Waals surface area contributed by atoms with Crippen LogP contribution in [0.3, 0.4) is 0 Å². The fourth-order valence-corrected chi connectivity index (χ4v) is 3.57. The topological polar surface area (TPSA) is 63.9 Å². The molecule has 0 spiro atoms. The number of likely N-dealkylation sites (N-methyl/N-ethyl adjacent to an activating group) is 1. The highest BCUT2D eigenvalue weighted by Gasteiger charge is 2.26. The summed E-state index contributed by atoms with van der Waals surface area (Å²) in [6.07, 6.45) is 0. The molecule has 0 aliphatic rings. The van der Waals surface area contributed by atoms with Gasteiger partial charge in [-0.3, -0.25) is 4.79 Å². The second-order valence-corrected chi connectivity index (χ2v) is 6.87. The van der Waals surface area contributed by atoms with Crippen molar-refractivity contribution in [2.45, 2.75) is 17.3 Å². The van der Waals surface area contributed by atoms with Crippen molar-refractivity contribution < 1.29 is 4.79 Å². The van der Waals surface area contributed by atoms with E-state index in [-0.39, 0.29) is 5.91 Å². The molecule has 0 bridgehead atoms. The molecule has 0 N–H and O–H groups in total. The fourth-order valence-electron chi connectivity index (χ4n) is 2.43. The minimum atomic E-state index is -0.412. The molecule has 2 aromatic carbocycles. The number of benzene rings is 2. The third-order valence-electron chi connectivity index (χ3n) is 3.78. The van der Waals surface area contributed by atoms with E-state index in [4.69, 9.17) is 0 Å². The Labute approximate surface area is 150 Å². The number of rotatable bonds is 5. The summed E-state index contributed by atoms with van der Waals surface area (Å²) >= 11 is 1.35. The van der Waals surface area contributed by atoms with E-state index in [1.54, 1.807) is 23.7 Å². The number of hydrogen-bond acceptors (Lipinski definition) is 5. The predicted molar refractivity (Wildman–Crippen MR) is 97.6 cm³/mol. The smallest absolute Gasteiger partial charge is 0.240 e. The molecule has 3 aromatic rings. The number of carbonyl (C=O) groups excluding carboxylic acids is 1. The zero-order valence-electron chi connectivity index (χ0n) is 14.3. The molecule has 0 aliphatic carbocycles. The van der Waals surface area contributed by atoms with Gasteiger partial charge in [0, 0.05) is 14.1 Å². The third kappa shape index (κ3) is 3.71. The quantitative estimate of drug-likeness (QED) is 0.660. The van der Waals surface area contributed by atoms with Gasteiger partial charge in [0.15, 0.2) is 0 Å². The van der Waals surface area contributed by atoms with E-state index in [9.17, 15) is 4.79 Å². The lowest BCUT2D eigenvalue weighted by atomic mass is 10.1. The van der Waals surface area contributed by atoms with Crippen LogP contribution in [0.5, 0.6) is 0 Å². The number of nitrogens with zero attached hydrogens (tertiary/aromatic N) is 5. The maximum absolute atomic E-state index is 12.7. The Morgan fingerprint density at radius 2 is 1.76 bits per heavy atom. The first kappa shape index (κ1) is 17.2. The van der Waals surface area contributed by atoms with Gasteiger partial charge in [-0.1, -0.05) is 60.3 Å². The molecule has 0 saturated heterocycles. The molecule has 1 atom stereocenters. The van der Waals surface area contributed by atoms with Gasteiger partial charge < -0.3 is 4.90 Å². The lowest BCUT2D eigenvalue weighted by Crippen LogP contribution is -2.27. The number of hydrogen-bond donors (Lipinski definition) is 0. The van der Waals surface area contributed by atoms with Gasteiger partial charge in [0.05, 0.1) is 5.69 Å². The van der Waals surface area contributed by atoms with Crippen molar-refractivity contribution in [3.05, 3.63) is 65.7 Å².